The van der Waals surface area contributed by atoms with E-state index in [0.29, 0.717) is 33.8 Å². The van der Waals surface area contributed by atoms with E-state index in [0.717, 1.165) is 5.56 Å². The number of carbonyl (C=O) groups excluding carboxylic acids is 1. The second-order valence-electron chi connectivity index (χ2n) is 9.66. The molecule has 0 aliphatic carbocycles. The Morgan fingerprint density at radius 1 is 0.895 bits per heavy atom. The third-order valence-electron chi connectivity index (χ3n) is 5.42. The van der Waals surface area contributed by atoms with Gasteiger partial charge in [-0.05, 0) is 57.2 Å². The molecule has 0 unspecified atom stereocenters. The number of benzene rings is 2. The average Bonchev–Trinajstić information content (AvgIpc) is 2.88. The summed E-state index contributed by atoms with van der Waals surface area (Å²) in [6.45, 7) is 5.34. The summed E-state index contributed by atoms with van der Waals surface area (Å²) in [6.07, 6.45) is 3.05. The number of amidine groups is 1. The summed E-state index contributed by atoms with van der Waals surface area (Å²) in [4.78, 5) is 21.7. The summed E-state index contributed by atoms with van der Waals surface area (Å²) in [6, 6.07) is 20.3. The molecule has 2 aromatic carbocycles. The highest BCUT2D eigenvalue weighted by Crippen LogP contribution is 2.28. The predicted molar refractivity (Wildman–Crippen MR) is 148 cm³/mol. The first-order valence-corrected chi connectivity index (χ1v) is 13.2. The summed E-state index contributed by atoms with van der Waals surface area (Å²) in [5, 5.41) is 10.4. The van der Waals surface area contributed by atoms with Gasteiger partial charge in [0, 0.05) is 45.7 Å². The lowest BCUT2D eigenvalue weighted by molar-refractivity contribution is 0.102. The van der Waals surface area contributed by atoms with Crippen molar-refractivity contribution in [1.29, 1.82) is 5.41 Å². The Balaban J connectivity index is 1.55. The number of aromatic nitrogens is 2. The van der Waals surface area contributed by atoms with Crippen LogP contribution in [0.4, 0.5) is 5.82 Å². The van der Waals surface area contributed by atoms with Crippen molar-refractivity contribution in [2.45, 2.75) is 31.2 Å². The van der Waals surface area contributed by atoms with Crippen molar-refractivity contribution >= 4 is 27.6 Å². The molecule has 0 atom stereocenters. The molecule has 5 N–H and O–H groups in total. The smallest absolute Gasteiger partial charge is 0.256 e. The maximum absolute atomic E-state index is 13.0. The number of carbonyl (C=O) groups is 1. The highest BCUT2D eigenvalue weighted by molar-refractivity contribution is 7.89. The highest BCUT2D eigenvalue weighted by atomic mass is 32.2. The number of sulfonamides is 1. The van der Waals surface area contributed by atoms with E-state index in [-0.39, 0.29) is 16.6 Å². The highest BCUT2D eigenvalue weighted by Gasteiger charge is 2.25. The lowest BCUT2D eigenvalue weighted by Gasteiger charge is -2.21. The van der Waals surface area contributed by atoms with E-state index >= 15 is 0 Å². The van der Waals surface area contributed by atoms with Crippen LogP contribution in [0.5, 0.6) is 0 Å². The lowest BCUT2D eigenvalue weighted by Crippen LogP contribution is -2.40. The van der Waals surface area contributed by atoms with Crippen molar-refractivity contribution in [1.82, 2.24) is 14.7 Å². The van der Waals surface area contributed by atoms with Crippen molar-refractivity contribution in [3.05, 3.63) is 96.3 Å². The van der Waals surface area contributed by atoms with Crippen LogP contribution in [0, 0.1) is 5.41 Å². The number of pyridine rings is 2. The topological polar surface area (TPSA) is 151 Å². The molecule has 0 fully saturated rings. The van der Waals surface area contributed by atoms with Crippen molar-refractivity contribution in [3.8, 4) is 22.4 Å². The zero-order chi connectivity index (χ0) is 27.5. The summed E-state index contributed by atoms with van der Waals surface area (Å²) < 4.78 is 28.6. The largest absolute Gasteiger partial charge is 0.384 e. The fourth-order valence-corrected chi connectivity index (χ4v) is 5.44. The Labute approximate surface area is 221 Å². The van der Waals surface area contributed by atoms with Crippen LogP contribution < -0.4 is 15.8 Å². The van der Waals surface area contributed by atoms with Gasteiger partial charge in [-0.15, -0.1) is 0 Å². The van der Waals surface area contributed by atoms with Gasteiger partial charge in [0.2, 0.25) is 10.0 Å². The lowest BCUT2D eigenvalue weighted by atomic mass is 10.1. The Hall–Kier alpha value is -4.41. The van der Waals surface area contributed by atoms with E-state index in [1.807, 2.05) is 6.07 Å². The number of nitrogens with zero attached hydrogens (tertiary/aromatic N) is 2. The number of nitrogens with two attached hydrogens (primary N) is 1. The molecule has 2 heterocycles. The molecular formula is C28H28N6O3S. The van der Waals surface area contributed by atoms with Crippen LogP contribution in [-0.4, -0.2) is 35.7 Å². The number of hydrogen-bond acceptors (Lipinski definition) is 6. The molecule has 0 aliphatic heterocycles. The molecule has 0 saturated carbocycles. The molecule has 0 saturated heterocycles. The fraction of sp³-hybridized carbons (Fsp3) is 0.143. The number of rotatable bonds is 7. The minimum Gasteiger partial charge on any atom is -0.384 e. The molecule has 4 aromatic rings. The van der Waals surface area contributed by atoms with E-state index in [9.17, 15) is 13.2 Å². The van der Waals surface area contributed by atoms with Crippen molar-refractivity contribution < 1.29 is 13.2 Å². The first-order chi connectivity index (χ1) is 17.9. The molecule has 194 valence electrons. The molecule has 1 amide bonds. The maximum Gasteiger partial charge on any atom is 0.256 e. The Morgan fingerprint density at radius 2 is 1.66 bits per heavy atom. The van der Waals surface area contributed by atoms with Gasteiger partial charge >= 0.3 is 0 Å². The molecule has 0 spiro atoms. The summed E-state index contributed by atoms with van der Waals surface area (Å²) in [5.41, 5.74) is 8.26. The van der Waals surface area contributed by atoms with Gasteiger partial charge in [-0.3, -0.25) is 15.2 Å². The van der Waals surface area contributed by atoms with E-state index in [1.165, 1.54) is 12.4 Å². The van der Waals surface area contributed by atoms with Crippen molar-refractivity contribution in [2.24, 2.45) is 5.73 Å². The molecule has 0 radical (unpaired) electrons. The number of nitrogen functional groups attached to an aromatic ring is 1. The van der Waals surface area contributed by atoms with E-state index in [2.05, 4.69) is 20.0 Å². The van der Waals surface area contributed by atoms with Crippen LogP contribution in [0.15, 0.2) is 90.1 Å². The van der Waals surface area contributed by atoms with Crippen LogP contribution >= 0.6 is 0 Å². The molecule has 0 bridgehead atoms. The first kappa shape index (κ1) is 26.6. The fourth-order valence-electron chi connectivity index (χ4n) is 3.79. The summed E-state index contributed by atoms with van der Waals surface area (Å²) in [5.74, 6) is -0.126. The van der Waals surface area contributed by atoms with Gasteiger partial charge in [-0.25, -0.2) is 18.1 Å². The van der Waals surface area contributed by atoms with E-state index in [4.69, 9.17) is 11.1 Å². The van der Waals surface area contributed by atoms with Crippen LogP contribution in [0.3, 0.4) is 0 Å². The van der Waals surface area contributed by atoms with E-state index in [1.54, 1.807) is 87.5 Å². The second-order valence-corrected chi connectivity index (χ2v) is 11.3. The number of hydrogen-bond donors (Lipinski definition) is 4. The average molecular weight is 529 g/mol. The van der Waals surface area contributed by atoms with Crippen LogP contribution in [0.1, 0.15) is 36.7 Å². The first-order valence-electron chi connectivity index (χ1n) is 11.7. The molecule has 4 rings (SSSR count). The van der Waals surface area contributed by atoms with Crippen LogP contribution in [-0.2, 0) is 10.0 Å². The van der Waals surface area contributed by atoms with Gasteiger partial charge in [-0.1, -0.05) is 36.4 Å². The summed E-state index contributed by atoms with van der Waals surface area (Å²) in [7, 11) is -3.77. The second kappa shape index (κ2) is 10.5. The van der Waals surface area contributed by atoms with Crippen molar-refractivity contribution in [2.75, 3.05) is 5.32 Å². The molecular weight excluding hydrogens is 500 g/mol. The zero-order valence-electron chi connectivity index (χ0n) is 21.2. The monoisotopic (exact) mass is 528 g/mol. The van der Waals surface area contributed by atoms with Crippen LogP contribution in [0.25, 0.3) is 22.4 Å². The Kier molecular flexibility index (Phi) is 7.38. The number of amides is 1. The number of anilines is 1. The maximum atomic E-state index is 13.0. The molecule has 2 aromatic heterocycles. The molecule has 0 aliphatic rings. The van der Waals surface area contributed by atoms with E-state index < -0.39 is 15.6 Å². The molecule has 9 nitrogen and oxygen atoms in total. The normalized spacial score (nSPS) is 11.7. The van der Waals surface area contributed by atoms with Gasteiger partial charge in [-0.2, -0.15) is 0 Å². The summed E-state index contributed by atoms with van der Waals surface area (Å²) >= 11 is 0. The SMILES string of the molecule is CC(C)(C)NS(=O)(=O)c1ccccc1-c1ccc(NC(=O)c2ccnc(-c3cccc(C(=N)N)c3)c2)nc1. The third-order valence-corrected chi connectivity index (χ3v) is 7.24. The van der Waals surface area contributed by atoms with Gasteiger partial charge in [0.05, 0.1) is 10.6 Å². The third kappa shape index (κ3) is 6.28. The van der Waals surface area contributed by atoms with Gasteiger partial charge in [0.25, 0.3) is 5.91 Å². The quantitative estimate of drug-likeness (QED) is 0.206. The Morgan fingerprint density at radius 3 is 2.34 bits per heavy atom. The van der Waals surface area contributed by atoms with Crippen molar-refractivity contribution in [3.63, 3.8) is 0 Å². The van der Waals surface area contributed by atoms with Gasteiger partial charge in [0.1, 0.15) is 11.7 Å². The molecule has 38 heavy (non-hydrogen) atoms. The minimum atomic E-state index is -3.77. The van der Waals surface area contributed by atoms with Gasteiger partial charge < -0.3 is 11.1 Å². The van der Waals surface area contributed by atoms with Crippen LogP contribution in [0.2, 0.25) is 0 Å². The minimum absolute atomic E-state index is 0.0547. The van der Waals surface area contributed by atoms with Gasteiger partial charge in [0.15, 0.2) is 0 Å². The molecule has 10 heteroatoms. The zero-order valence-corrected chi connectivity index (χ0v) is 22.0. The number of nitrogens with one attached hydrogen (secondary N) is 3. The predicted octanol–water partition coefficient (Wildman–Crippen LogP) is 4.42. The standard InChI is InChI=1S/C28H28N6O3S/c1-28(2,3)34-38(36,37)24-10-5-4-9-22(24)21-11-12-25(32-17-21)33-27(35)20-13-14-31-23(16-20)18-7-6-8-19(15-18)26(29)30/h4-17,34H,1-3H3,(H3,29,30)(H,32,33,35). The Bertz CT molecular complexity index is 1610.